The van der Waals surface area contributed by atoms with Gasteiger partial charge in [-0.3, -0.25) is 0 Å². The first-order chi connectivity index (χ1) is 9.51. The number of carbonyl (C=O) groups excluding carboxylic acids is 1. The third kappa shape index (κ3) is 3.05. The molecule has 0 aliphatic rings. The van der Waals surface area contributed by atoms with E-state index < -0.39 is 5.97 Å². The Bertz CT molecular complexity index is 618. The maximum Gasteiger partial charge on any atom is 0.358 e. The summed E-state index contributed by atoms with van der Waals surface area (Å²) < 4.78 is 10.1. The standard InChI is InChI=1S/C14H13ClN2O3/c1-8-4-10(5-9(2)13(8)15)20-12-7-16-11(6-17-12)14(18)19-3/h4-7H,1-3H3. The van der Waals surface area contributed by atoms with Gasteiger partial charge in [0.1, 0.15) is 5.75 Å². The normalized spacial score (nSPS) is 10.2. The maximum absolute atomic E-state index is 11.2. The van der Waals surface area contributed by atoms with Gasteiger partial charge in [0.2, 0.25) is 5.88 Å². The lowest BCUT2D eigenvalue weighted by molar-refractivity contribution is 0.0593. The molecule has 0 fully saturated rings. The van der Waals surface area contributed by atoms with Crippen LogP contribution in [-0.2, 0) is 4.74 Å². The Morgan fingerprint density at radius 3 is 2.30 bits per heavy atom. The smallest absolute Gasteiger partial charge is 0.358 e. The lowest BCUT2D eigenvalue weighted by Gasteiger charge is -2.08. The van der Waals surface area contributed by atoms with Crippen molar-refractivity contribution in [2.45, 2.75) is 13.8 Å². The molecule has 5 nitrogen and oxygen atoms in total. The van der Waals surface area contributed by atoms with Crippen molar-refractivity contribution in [3.05, 3.63) is 46.4 Å². The number of carbonyl (C=O) groups is 1. The molecular formula is C14H13ClN2O3. The summed E-state index contributed by atoms with van der Waals surface area (Å²) >= 11 is 6.09. The highest BCUT2D eigenvalue weighted by molar-refractivity contribution is 6.32. The summed E-state index contributed by atoms with van der Waals surface area (Å²) in [6.45, 7) is 3.79. The summed E-state index contributed by atoms with van der Waals surface area (Å²) in [7, 11) is 1.29. The Labute approximate surface area is 121 Å². The first kappa shape index (κ1) is 14.3. The highest BCUT2D eigenvalue weighted by Crippen LogP contribution is 2.28. The highest BCUT2D eigenvalue weighted by atomic mass is 35.5. The van der Waals surface area contributed by atoms with Crippen molar-refractivity contribution in [2.75, 3.05) is 7.11 Å². The van der Waals surface area contributed by atoms with Crippen molar-refractivity contribution in [1.29, 1.82) is 0 Å². The van der Waals surface area contributed by atoms with Gasteiger partial charge in [0.25, 0.3) is 0 Å². The number of hydrogen-bond donors (Lipinski definition) is 0. The summed E-state index contributed by atoms with van der Waals surface area (Å²) in [5, 5.41) is 0.712. The zero-order chi connectivity index (χ0) is 14.7. The van der Waals surface area contributed by atoms with Gasteiger partial charge in [-0.05, 0) is 37.1 Å². The second kappa shape index (κ2) is 5.88. The van der Waals surface area contributed by atoms with Crippen LogP contribution in [0, 0.1) is 13.8 Å². The quantitative estimate of drug-likeness (QED) is 0.812. The fourth-order valence-corrected chi connectivity index (χ4v) is 1.77. The number of ether oxygens (including phenoxy) is 2. The number of methoxy groups -OCH3 is 1. The van der Waals surface area contributed by atoms with Crippen molar-refractivity contribution in [1.82, 2.24) is 9.97 Å². The third-order valence-corrected chi connectivity index (χ3v) is 3.25. The lowest BCUT2D eigenvalue weighted by Crippen LogP contribution is -2.04. The molecule has 2 aromatic rings. The molecule has 2 rings (SSSR count). The van der Waals surface area contributed by atoms with Crippen LogP contribution in [0.2, 0.25) is 5.02 Å². The minimum Gasteiger partial charge on any atom is -0.464 e. The largest absolute Gasteiger partial charge is 0.464 e. The number of nitrogens with zero attached hydrogens (tertiary/aromatic N) is 2. The number of rotatable bonds is 3. The van der Waals surface area contributed by atoms with Gasteiger partial charge < -0.3 is 9.47 Å². The molecule has 0 N–H and O–H groups in total. The van der Waals surface area contributed by atoms with Crippen LogP contribution in [0.5, 0.6) is 11.6 Å². The van der Waals surface area contributed by atoms with Crippen LogP contribution >= 0.6 is 11.6 Å². The van der Waals surface area contributed by atoms with E-state index in [4.69, 9.17) is 16.3 Å². The molecule has 0 unspecified atom stereocenters. The molecule has 0 bridgehead atoms. The van der Waals surface area contributed by atoms with Crippen molar-refractivity contribution in [2.24, 2.45) is 0 Å². The van der Waals surface area contributed by atoms with E-state index in [0.717, 1.165) is 11.1 Å². The number of benzene rings is 1. The molecule has 0 saturated carbocycles. The van der Waals surface area contributed by atoms with E-state index in [-0.39, 0.29) is 5.69 Å². The van der Waals surface area contributed by atoms with E-state index in [2.05, 4.69) is 14.7 Å². The van der Waals surface area contributed by atoms with Gasteiger partial charge >= 0.3 is 5.97 Å². The van der Waals surface area contributed by atoms with Gasteiger partial charge in [-0.2, -0.15) is 0 Å². The van der Waals surface area contributed by atoms with E-state index in [0.29, 0.717) is 16.7 Å². The van der Waals surface area contributed by atoms with Crippen LogP contribution in [0.1, 0.15) is 21.6 Å². The number of esters is 1. The Morgan fingerprint density at radius 1 is 1.15 bits per heavy atom. The molecule has 0 spiro atoms. The summed E-state index contributed by atoms with van der Waals surface area (Å²) in [6, 6.07) is 3.62. The minimum atomic E-state index is -0.540. The second-order valence-electron chi connectivity index (χ2n) is 4.20. The fourth-order valence-electron chi connectivity index (χ4n) is 1.66. The molecular weight excluding hydrogens is 280 g/mol. The predicted octanol–water partition coefficient (Wildman–Crippen LogP) is 3.33. The molecule has 1 heterocycles. The van der Waals surface area contributed by atoms with Crippen molar-refractivity contribution < 1.29 is 14.3 Å². The molecule has 0 aliphatic heterocycles. The zero-order valence-electron chi connectivity index (χ0n) is 11.3. The maximum atomic E-state index is 11.2. The predicted molar refractivity (Wildman–Crippen MR) is 74.4 cm³/mol. The molecule has 1 aromatic carbocycles. The van der Waals surface area contributed by atoms with Gasteiger partial charge in [0.15, 0.2) is 5.69 Å². The molecule has 6 heteroatoms. The van der Waals surface area contributed by atoms with Gasteiger partial charge in [-0.1, -0.05) is 11.6 Å². The van der Waals surface area contributed by atoms with E-state index in [1.54, 1.807) is 0 Å². The van der Waals surface area contributed by atoms with E-state index in [9.17, 15) is 4.79 Å². The second-order valence-corrected chi connectivity index (χ2v) is 4.58. The number of aryl methyl sites for hydroxylation is 2. The molecule has 0 amide bonds. The Hall–Kier alpha value is -2.14. The van der Waals surface area contributed by atoms with Gasteiger partial charge in [0, 0.05) is 5.02 Å². The summed E-state index contributed by atoms with van der Waals surface area (Å²) in [5.74, 6) is 0.366. The molecule has 0 saturated heterocycles. The summed E-state index contributed by atoms with van der Waals surface area (Å²) in [4.78, 5) is 19.2. The van der Waals surface area contributed by atoms with Crippen LogP contribution in [0.3, 0.4) is 0 Å². The average molecular weight is 293 g/mol. The van der Waals surface area contributed by atoms with Crippen LogP contribution in [0.15, 0.2) is 24.5 Å². The minimum absolute atomic E-state index is 0.128. The Kier molecular flexibility index (Phi) is 4.20. The first-order valence-corrected chi connectivity index (χ1v) is 6.24. The number of halogens is 1. The average Bonchev–Trinajstić information content (AvgIpc) is 2.44. The van der Waals surface area contributed by atoms with Crippen LogP contribution < -0.4 is 4.74 Å². The van der Waals surface area contributed by atoms with E-state index >= 15 is 0 Å². The van der Waals surface area contributed by atoms with Crippen molar-refractivity contribution in [3.63, 3.8) is 0 Å². The molecule has 0 aliphatic carbocycles. The monoisotopic (exact) mass is 292 g/mol. The fraction of sp³-hybridized carbons (Fsp3) is 0.214. The number of hydrogen-bond acceptors (Lipinski definition) is 5. The first-order valence-electron chi connectivity index (χ1n) is 5.86. The summed E-state index contributed by atoms with van der Waals surface area (Å²) in [6.07, 6.45) is 2.67. The Morgan fingerprint density at radius 2 is 1.80 bits per heavy atom. The molecule has 0 atom stereocenters. The van der Waals surface area contributed by atoms with E-state index in [1.165, 1.54) is 19.5 Å². The van der Waals surface area contributed by atoms with Crippen molar-refractivity contribution in [3.8, 4) is 11.6 Å². The molecule has 0 radical (unpaired) electrons. The van der Waals surface area contributed by atoms with Gasteiger partial charge in [-0.15, -0.1) is 0 Å². The topological polar surface area (TPSA) is 61.3 Å². The third-order valence-electron chi connectivity index (χ3n) is 2.66. The van der Waals surface area contributed by atoms with Crippen LogP contribution in [0.25, 0.3) is 0 Å². The number of aromatic nitrogens is 2. The Balaban J connectivity index is 2.20. The van der Waals surface area contributed by atoms with Gasteiger partial charge in [-0.25, -0.2) is 14.8 Å². The lowest BCUT2D eigenvalue weighted by atomic mass is 10.1. The molecule has 1 aromatic heterocycles. The van der Waals surface area contributed by atoms with Crippen molar-refractivity contribution >= 4 is 17.6 Å². The zero-order valence-corrected chi connectivity index (χ0v) is 12.1. The van der Waals surface area contributed by atoms with Gasteiger partial charge in [0.05, 0.1) is 19.5 Å². The molecule has 20 heavy (non-hydrogen) atoms. The SMILES string of the molecule is COC(=O)c1cnc(Oc2cc(C)c(Cl)c(C)c2)cn1. The summed E-state index contributed by atoms with van der Waals surface area (Å²) in [5.41, 5.74) is 1.96. The van der Waals surface area contributed by atoms with E-state index in [1.807, 2.05) is 26.0 Å². The van der Waals surface area contributed by atoms with Crippen LogP contribution in [0.4, 0.5) is 0 Å². The molecule has 104 valence electrons. The van der Waals surface area contributed by atoms with Crippen LogP contribution in [-0.4, -0.2) is 23.0 Å². The highest BCUT2D eigenvalue weighted by Gasteiger charge is 2.09.